The first-order valence-electron chi connectivity index (χ1n) is 3.67. The highest BCUT2D eigenvalue weighted by molar-refractivity contribution is 5.29. The zero-order chi connectivity index (χ0) is 7.98. The summed E-state index contributed by atoms with van der Waals surface area (Å²) in [6.45, 7) is 10.1. The molecule has 0 saturated carbocycles. The van der Waals surface area contributed by atoms with Crippen LogP contribution in [0.15, 0.2) is 36.0 Å². The summed E-state index contributed by atoms with van der Waals surface area (Å²) in [6.07, 6.45) is 7.32. The lowest BCUT2D eigenvalue weighted by molar-refractivity contribution is 1.22. The van der Waals surface area contributed by atoms with Crippen molar-refractivity contribution in [1.29, 1.82) is 0 Å². The van der Waals surface area contributed by atoms with E-state index < -0.39 is 0 Å². The predicted molar refractivity (Wildman–Crippen MR) is 48.0 cm³/mol. The zero-order valence-corrected chi connectivity index (χ0v) is 7.15. The lowest BCUT2D eigenvalue weighted by Gasteiger charge is -1.90. The minimum atomic E-state index is 1.08. The van der Waals surface area contributed by atoms with Gasteiger partial charge in [0.05, 0.1) is 0 Å². The molecule has 0 bridgehead atoms. The summed E-state index contributed by atoms with van der Waals surface area (Å²) >= 11 is 0. The summed E-state index contributed by atoms with van der Waals surface area (Å²) in [6, 6.07) is 0. The van der Waals surface area contributed by atoms with Crippen LogP contribution in [0.1, 0.15) is 27.2 Å². The molecule has 0 amide bonds. The smallest absolute Gasteiger partial charge is 0.0333 e. The average molecular weight is 136 g/mol. The van der Waals surface area contributed by atoms with Gasteiger partial charge in [0.25, 0.3) is 0 Å². The Hall–Kier alpha value is -0.780. The molecule has 56 valence electrons. The molecule has 0 radical (unpaired) electrons. The van der Waals surface area contributed by atoms with Crippen molar-refractivity contribution < 1.29 is 0 Å². The summed E-state index contributed by atoms with van der Waals surface area (Å²) < 4.78 is 0. The van der Waals surface area contributed by atoms with Crippen LogP contribution in [0, 0.1) is 0 Å². The Labute approximate surface area is 64.0 Å². The maximum atomic E-state index is 3.87. The highest BCUT2D eigenvalue weighted by Gasteiger charge is 1.79. The van der Waals surface area contributed by atoms with Crippen LogP contribution in [0.3, 0.4) is 0 Å². The molecule has 0 saturated heterocycles. The third-order valence-corrected chi connectivity index (χ3v) is 1.04. The molecule has 0 atom stereocenters. The quantitative estimate of drug-likeness (QED) is 0.521. The minimum absolute atomic E-state index is 1.08. The van der Waals surface area contributed by atoms with E-state index in [1.54, 1.807) is 0 Å². The van der Waals surface area contributed by atoms with E-state index in [9.17, 15) is 0 Å². The van der Waals surface area contributed by atoms with Crippen molar-refractivity contribution in [2.75, 3.05) is 0 Å². The van der Waals surface area contributed by atoms with E-state index in [1.807, 2.05) is 6.08 Å². The monoisotopic (exact) mass is 136 g/mol. The Bertz CT molecular complexity index is 155. The maximum Gasteiger partial charge on any atom is -0.0333 e. The van der Waals surface area contributed by atoms with Gasteiger partial charge in [-0.2, -0.15) is 0 Å². The van der Waals surface area contributed by atoms with E-state index in [0.29, 0.717) is 0 Å². The lowest BCUT2D eigenvalue weighted by atomic mass is 10.2. The van der Waals surface area contributed by atoms with Gasteiger partial charge in [-0.15, -0.1) is 0 Å². The molecule has 0 aromatic rings. The van der Waals surface area contributed by atoms with Crippen LogP contribution in [0.5, 0.6) is 0 Å². The van der Waals surface area contributed by atoms with Gasteiger partial charge in [0.1, 0.15) is 0 Å². The second-order valence-corrected chi connectivity index (χ2v) is 2.61. The molecule has 0 fully saturated rings. The lowest BCUT2D eigenvalue weighted by Crippen LogP contribution is -1.69. The van der Waals surface area contributed by atoms with Crippen molar-refractivity contribution in [3.63, 3.8) is 0 Å². The van der Waals surface area contributed by atoms with Gasteiger partial charge in [-0.3, -0.25) is 0 Å². The van der Waals surface area contributed by atoms with Crippen molar-refractivity contribution in [1.82, 2.24) is 0 Å². The van der Waals surface area contributed by atoms with E-state index in [1.165, 1.54) is 5.57 Å². The summed E-state index contributed by atoms with van der Waals surface area (Å²) in [4.78, 5) is 0. The van der Waals surface area contributed by atoms with Gasteiger partial charge in [0.15, 0.2) is 0 Å². The molecule has 0 aliphatic carbocycles. The molecule has 0 unspecified atom stereocenters. The molecule has 0 aliphatic rings. The fourth-order valence-corrected chi connectivity index (χ4v) is 0.688. The Morgan fingerprint density at radius 3 is 2.40 bits per heavy atom. The maximum absolute atomic E-state index is 3.87. The predicted octanol–water partition coefficient (Wildman–Crippen LogP) is 3.48. The molecular formula is C10H16. The molecule has 0 aliphatic heterocycles. The SMILES string of the molecule is C=C(C=CCC)C=C(C)C. The van der Waals surface area contributed by atoms with E-state index in [0.717, 1.165) is 12.0 Å². The highest BCUT2D eigenvalue weighted by Crippen LogP contribution is 2.00. The Kier molecular flexibility index (Phi) is 4.65. The third kappa shape index (κ3) is 5.36. The summed E-state index contributed by atoms with van der Waals surface area (Å²) in [5, 5.41) is 0. The standard InChI is InChI=1S/C10H16/c1-5-6-7-10(4)8-9(2)3/h6-8H,4-5H2,1-3H3. The first kappa shape index (κ1) is 9.22. The number of hydrogen-bond acceptors (Lipinski definition) is 0. The van der Waals surface area contributed by atoms with E-state index in [-0.39, 0.29) is 0 Å². The normalized spacial score (nSPS) is 9.90. The van der Waals surface area contributed by atoms with Crippen LogP contribution in [0.4, 0.5) is 0 Å². The van der Waals surface area contributed by atoms with Gasteiger partial charge in [0, 0.05) is 0 Å². The zero-order valence-electron chi connectivity index (χ0n) is 7.15. The molecular weight excluding hydrogens is 120 g/mol. The molecule has 0 nitrogen and oxygen atoms in total. The molecule has 0 N–H and O–H groups in total. The van der Waals surface area contributed by atoms with E-state index in [4.69, 9.17) is 0 Å². The van der Waals surface area contributed by atoms with Gasteiger partial charge in [0.2, 0.25) is 0 Å². The Morgan fingerprint density at radius 2 is 2.00 bits per heavy atom. The third-order valence-electron chi connectivity index (χ3n) is 1.04. The largest absolute Gasteiger partial charge is 0.0918 e. The van der Waals surface area contributed by atoms with Gasteiger partial charge in [-0.1, -0.05) is 37.3 Å². The summed E-state index contributed by atoms with van der Waals surface area (Å²) in [7, 11) is 0. The molecule has 0 aromatic heterocycles. The van der Waals surface area contributed by atoms with Crippen LogP contribution in [-0.2, 0) is 0 Å². The van der Waals surface area contributed by atoms with Crippen molar-refractivity contribution in [2.45, 2.75) is 27.2 Å². The van der Waals surface area contributed by atoms with Crippen LogP contribution >= 0.6 is 0 Å². The van der Waals surface area contributed by atoms with E-state index in [2.05, 4.69) is 39.5 Å². The Morgan fingerprint density at radius 1 is 1.40 bits per heavy atom. The summed E-state index contributed by atoms with van der Waals surface area (Å²) in [5.74, 6) is 0. The van der Waals surface area contributed by atoms with Crippen LogP contribution in [0.2, 0.25) is 0 Å². The van der Waals surface area contributed by atoms with Gasteiger partial charge in [-0.25, -0.2) is 0 Å². The van der Waals surface area contributed by atoms with Crippen molar-refractivity contribution in [3.8, 4) is 0 Å². The van der Waals surface area contributed by atoms with Crippen LogP contribution in [0.25, 0.3) is 0 Å². The fourth-order valence-electron chi connectivity index (χ4n) is 0.688. The number of hydrogen-bond donors (Lipinski definition) is 0. The summed E-state index contributed by atoms with van der Waals surface area (Å²) in [5.41, 5.74) is 2.38. The highest BCUT2D eigenvalue weighted by atomic mass is 13.9. The second kappa shape index (κ2) is 5.04. The molecule has 0 heterocycles. The molecule has 0 heteroatoms. The van der Waals surface area contributed by atoms with Gasteiger partial charge >= 0.3 is 0 Å². The second-order valence-electron chi connectivity index (χ2n) is 2.61. The molecule has 0 aromatic carbocycles. The number of rotatable bonds is 3. The molecule has 10 heavy (non-hydrogen) atoms. The minimum Gasteiger partial charge on any atom is -0.0918 e. The van der Waals surface area contributed by atoms with E-state index >= 15 is 0 Å². The first-order valence-corrected chi connectivity index (χ1v) is 3.67. The average Bonchev–Trinajstić information content (AvgIpc) is 1.82. The molecule has 0 spiro atoms. The van der Waals surface area contributed by atoms with Crippen LogP contribution in [-0.4, -0.2) is 0 Å². The Balaban J connectivity index is 3.87. The topological polar surface area (TPSA) is 0 Å². The fraction of sp³-hybridized carbons (Fsp3) is 0.400. The van der Waals surface area contributed by atoms with Crippen molar-refractivity contribution in [2.24, 2.45) is 0 Å². The molecule has 0 rings (SSSR count). The van der Waals surface area contributed by atoms with Crippen molar-refractivity contribution in [3.05, 3.63) is 36.0 Å². The van der Waals surface area contributed by atoms with Crippen molar-refractivity contribution >= 4 is 0 Å². The number of allylic oxidation sites excluding steroid dienone is 5. The van der Waals surface area contributed by atoms with Gasteiger partial charge < -0.3 is 0 Å². The first-order chi connectivity index (χ1) is 4.66. The van der Waals surface area contributed by atoms with Gasteiger partial charge in [-0.05, 0) is 25.8 Å². The van der Waals surface area contributed by atoms with Crippen LogP contribution < -0.4 is 0 Å².